The first-order valence-electron chi connectivity index (χ1n) is 9.32. The van der Waals surface area contributed by atoms with Crippen molar-refractivity contribution in [2.45, 2.75) is 57.8 Å². The van der Waals surface area contributed by atoms with Crippen LogP contribution in [0.4, 0.5) is 0 Å². The van der Waals surface area contributed by atoms with E-state index in [1.165, 1.54) is 25.7 Å². The average Bonchev–Trinajstić information content (AvgIpc) is 3.29. The van der Waals surface area contributed by atoms with Crippen LogP contribution in [0, 0.1) is 18.3 Å². The Morgan fingerprint density at radius 3 is 2.71 bits per heavy atom. The van der Waals surface area contributed by atoms with Crippen molar-refractivity contribution in [1.82, 2.24) is 15.0 Å². The van der Waals surface area contributed by atoms with Gasteiger partial charge in [0.25, 0.3) is 0 Å². The number of nitrogens with zero attached hydrogens (tertiary/aromatic N) is 3. The lowest BCUT2D eigenvalue weighted by Gasteiger charge is -2.36. The minimum absolute atomic E-state index is 0.0442. The Bertz CT molecular complexity index is 588. The number of amides is 1. The third kappa shape index (κ3) is 2.96. The minimum Gasteiger partial charge on any atom is -0.381 e. The number of carbonyl (C=O) groups excluding carboxylic acids is 1. The Morgan fingerprint density at radius 1 is 1.29 bits per heavy atom. The molecular formula is C18H27N3O3. The molecule has 24 heavy (non-hydrogen) atoms. The Balaban J connectivity index is 1.52. The molecule has 6 heteroatoms. The second kappa shape index (κ2) is 6.47. The van der Waals surface area contributed by atoms with Crippen LogP contribution in [0.2, 0.25) is 0 Å². The van der Waals surface area contributed by atoms with Crippen molar-refractivity contribution in [3.63, 3.8) is 0 Å². The minimum atomic E-state index is 0.0442. The molecule has 2 aliphatic heterocycles. The van der Waals surface area contributed by atoms with Gasteiger partial charge in [0.1, 0.15) is 0 Å². The van der Waals surface area contributed by atoms with Gasteiger partial charge in [-0.3, -0.25) is 4.79 Å². The second-order valence-electron chi connectivity index (χ2n) is 7.84. The van der Waals surface area contributed by atoms with Crippen molar-refractivity contribution in [3.05, 3.63) is 11.7 Å². The van der Waals surface area contributed by atoms with Gasteiger partial charge in [0.05, 0.1) is 5.92 Å². The van der Waals surface area contributed by atoms with Gasteiger partial charge < -0.3 is 14.2 Å². The summed E-state index contributed by atoms with van der Waals surface area (Å²) in [6.45, 7) is 4.89. The maximum Gasteiger partial charge on any atom is 0.232 e. The maximum absolute atomic E-state index is 12.8. The van der Waals surface area contributed by atoms with Crippen LogP contribution in [0.3, 0.4) is 0 Å². The molecule has 1 aromatic rings. The van der Waals surface area contributed by atoms with E-state index in [9.17, 15) is 4.79 Å². The van der Waals surface area contributed by atoms with Crippen molar-refractivity contribution in [1.29, 1.82) is 0 Å². The molecule has 1 spiro atoms. The van der Waals surface area contributed by atoms with Crippen LogP contribution in [-0.2, 0) is 9.53 Å². The number of hydrogen-bond acceptors (Lipinski definition) is 5. The van der Waals surface area contributed by atoms with Gasteiger partial charge >= 0.3 is 0 Å². The fourth-order valence-electron chi connectivity index (χ4n) is 4.83. The molecule has 0 unspecified atom stereocenters. The van der Waals surface area contributed by atoms with Crippen molar-refractivity contribution in [2.75, 3.05) is 26.3 Å². The molecule has 1 amide bonds. The number of hydrogen-bond donors (Lipinski definition) is 0. The molecule has 132 valence electrons. The highest BCUT2D eigenvalue weighted by Gasteiger charge is 2.51. The first-order valence-corrected chi connectivity index (χ1v) is 9.32. The molecule has 0 N–H and O–H groups in total. The second-order valence-corrected chi connectivity index (χ2v) is 7.84. The van der Waals surface area contributed by atoms with Gasteiger partial charge in [0.15, 0.2) is 5.82 Å². The van der Waals surface area contributed by atoms with Gasteiger partial charge in [-0.2, -0.15) is 4.98 Å². The number of rotatable bonds is 3. The highest BCUT2D eigenvalue weighted by Crippen LogP contribution is 2.49. The zero-order valence-corrected chi connectivity index (χ0v) is 14.5. The number of carbonyl (C=O) groups is 1. The highest BCUT2D eigenvalue weighted by atomic mass is 16.5. The SMILES string of the molecule is Cc1noc([C@@H]2CN(C(=O)CC3CCCC3)CC23CCOCC3)n1. The van der Waals surface area contributed by atoms with E-state index in [0.717, 1.165) is 32.6 Å². The summed E-state index contributed by atoms with van der Waals surface area (Å²) >= 11 is 0. The first kappa shape index (κ1) is 16.1. The van der Waals surface area contributed by atoms with E-state index in [2.05, 4.69) is 15.0 Å². The van der Waals surface area contributed by atoms with Crippen LogP contribution in [0.15, 0.2) is 4.52 Å². The summed E-state index contributed by atoms with van der Waals surface area (Å²) in [6, 6.07) is 0. The number of likely N-dealkylation sites (tertiary alicyclic amines) is 1. The summed E-state index contributed by atoms with van der Waals surface area (Å²) in [5, 5.41) is 3.97. The molecule has 1 saturated carbocycles. The maximum atomic E-state index is 12.8. The van der Waals surface area contributed by atoms with Gasteiger partial charge in [0, 0.05) is 38.1 Å². The molecule has 0 aromatic carbocycles. The highest BCUT2D eigenvalue weighted by molar-refractivity contribution is 5.77. The molecule has 1 aliphatic carbocycles. The number of aromatic nitrogens is 2. The van der Waals surface area contributed by atoms with E-state index < -0.39 is 0 Å². The third-order valence-corrected chi connectivity index (χ3v) is 6.27. The molecule has 6 nitrogen and oxygen atoms in total. The van der Waals surface area contributed by atoms with Gasteiger partial charge in [-0.15, -0.1) is 0 Å². The summed E-state index contributed by atoms with van der Waals surface area (Å²) < 4.78 is 11.1. The van der Waals surface area contributed by atoms with Crippen LogP contribution in [0.5, 0.6) is 0 Å². The third-order valence-electron chi connectivity index (χ3n) is 6.27. The largest absolute Gasteiger partial charge is 0.381 e. The smallest absolute Gasteiger partial charge is 0.232 e. The van der Waals surface area contributed by atoms with Gasteiger partial charge in [-0.05, 0) is 38.5 Å². The van der Waals surface area contributed by atoms with E-state index in [0.29, 0.717) is 36.5 Å². The van der Waals surface area contributed by atoms with Crippen molar-refractivity contribution in [3.8, 4) is 0 Å². The van der Waals surface area contributed by atoms with Crippen molar-refractivity contribution in [2.24, 2.45) is 11.3 Å². The van der Waals surface area contributed by atoms with E-state index in [-0.39, 0.29) is 11.3 Å². The molecule has 3 heterocycles. The van der Waals surface area contributed by atoms with Crippen LogP contribution >= 0.6 is 0 Å². The lowest BCUT2D eigenvalue weighted by molar-refractivity contribution is -0.131. The molecular weight excluding hydrogens is 306 g/mol. The predicted molar refractivity (Wildman–Crippen MR) is 87.4 cm³/mol. The van der Waals surface area contributed by atoms with Crippen LogP contribution in [0.1, 0.15) is 62.6 Å². The quantitative estimate of drug-likeness (QED) is 0.850. The lowest BCUT2D eigenvalue weighted by atomic mass is 9.72. The van der Waals surface area contributed by atoms with Crippen LogP contribution < -0.4 is 0 Å². The van der Waals surface area contributed by atoms with Crippen molar-refractivity contribution >= 4 is 5.91 Å². The normalized spacial score (nSPS) is 27.2. The zero-order valence-electron chi connectivity index (χ0n) is 14.5. The zero-order chi connectivity index (χ0) is 16.6. The Labute approximate surface area is 142 Å². The standard InChI is InChI=1S/C18H27N3O3/c1-13-19-17(24-20-13)15-11-21(12-18(15)6-8-23-9-7-18)16(22)10-14-4-2-3-5-14/h14-15H,2-12H2,1H3/t15-/m0/s1. The van der Waals surface area contributed by atoms with Crippen LogP contribution in [0.25, 0.3) is 0 Å². The molecule has 3 fully saturated rings. The van der Waals surface area contributed by atoms with E-state index >= 15 is 0 Å². The van der Waals surface area contributed by atoms with Crippen LogP contribution in [-0.4, -0.2) is 47.3 Å². The van der Waals surface area contributed by atoms with Gasteiger partial charge in [-0.25, -0.2) is 0 Å². The van der Waals surface area contributed by atoms with E-state index in [1.807, 2.05) is 6.92 Å². The molecule has 2 saturated heterocycles. The first-order chi connectivity index (χ1) is 11.7. The Kier molecular flexibility index (Phi) is 4.33. The molecule has 1 aromatic heterocycles. The molecule has 1 atom stereocenters. The fraction of sp³-hybridized carbons (Fsp3) is 0.833. The monoisotopic (exact) mass is 333 g/mol. The van der Waals surface area contributed by atoms with Gasteiger partial charge in [-0.1, -0.05) is 18.0 Å². The number of aryl methyl sites for hydroxylation is 1. The van der Waals surface area contributed by atoms with Gasteiger partial charge in [0.2, 0.25) is 11.8 Å². The summed E-state index contributed by atoms with van der Waals surface area (Å²) in [4.78, 5) is 19.4. The molecule has 0 radical (unpaired) electrons. The molecule has 3 aliphatic rings. The molecule has 4 rings (SSSR count). The van der Waals surface area contributed by atoms with E-state index in [4.69, 9.17) is 9.26 Å². The Hall–Kier alpha value is -1.43. The lowest BCUT2D eigenvalue weighted by Crippen LogP contribution is -2.37. The topological polar surface area (TPSA) is 68.5 Å². The number of ether oxygens (including phenoxy) is 1. The summed E-state index contributed by atoms with van der Waals surface area (Å²) in [6.07, 6.45) is 7.63. The summed E-state index contributed by atoms with van der Waals surface area (Å²) in [5.41, 5.74) is 0.0442. The Morgan fingerprint density at radius 2 is 2.04 bits per heavy atom. The predicted octanol–water partition coefficient (Wildman–Crippen LogP) is 2.68. The fourth-order valence-corrected chi connectivity index (χ4v) is 4.83. The average molecular weight is 333 g/mol. The summed E-state index contributed by atoms with van der Waals surface area (Å²) in [7, 11) is 0. The van der Waals surface area contributed by atoms with Crippen molar-refractivity contribution < 1.29 is 14.1 Å². The summed E-state index contributed by atoms with van der Waals surface area (Å²) in [5.74, 6) is 2.42. The van der Waals surface area contributed by atoms with E-state index in [1.54, 1.807) is 0 Å². The molecule has 0 bridgehead atoms.